The first-order valence-corrected chi connectivity index (χ1v) is 16.1. The van der Waals surface area contributed by atoms with Gasteiger partial charge in [0.05, 0.1) is 22.8 Å². The zero-order chi connectivity index (χ0) is 31.6. The third kappa shape index (κ3) is 6.39. The molecule has 0 bridgehead atoms. The van der Waals surface area contributed by atoms with Crippen LogP contribution >= 0.6 is 0 Å². The van der Waals surface area contributed by atoms with Crippen molar-refractivity contribution in [2.75, 3.05) is 0 Å². The zero-order valence-electron chi connectivity index (χ0n) is 27.0. The van der Waals surface area contributed by atoms with Crippen LogP contribution in [0.15, 0.2) is 139 Å². The Hall–Kier alpha value is -5.34. The Balaban J connectivity index is 1.30. The molecule has 1 aliphatic rings. The molecule has 2 heterocycles. The second kappa shape index (κ2) is 12.6. The lowest BCUT2D eigenvalue weighted by atomic mass is 9.93. The van der Waals surface area contributed by atoms with E-state index >= 15 is 0 Å². The molecule has 0 unspecified atom stereocenters. The van der Waals surface area contributed by atoms with E-state index in [1.807, 2.05) is 0 Å². The molecule has 0 saturated heterocycles. The first kappa shape index (κ1) is 29.4. The minimum absolute atomic E-state index is 0.976. The number of hydrogen-bond donors (Lipinski definition) is 0. The predicted molar refractivity (Wildman–Crippen MR) is 194 cm³/mol. The normalized spacial score (nSPS) is 12.9. The molecule has 2 nitrogen and oxygen atoms in total. The molecular formula is C44H38N2. The van der Waals surface area contributed by atoms with Crippen molar-refractivity contribution in [2.24, 2.45) is 0 Å². The second-order valence-electron chi connectivity index (χ2n) is 12.6. The second-order valence-corrected chi connectivity index (χ2v) is 12.6. The molecule has 7 rings (SSSR count). The lowest BCUT2D eigenvalue weighted by Crippen LogP contribution is -1.97. The van der Waals surface area contributed by atoms with Gasteiger partial charge in [-0.15, -0.1) is 0 Å². The van der Waals surface area contributed by atoms with E-state index in [1.54, 1.807) is 0 Å². The zero-order valence-corrected chi connectivity index (χ0v) is 27.0. The van der Waals surface area contributed by atoms with Crippen LogP contribution in [0.3, 0.4) is 0 Å². The molecular weight excluding hydrogens is 556 g/mol. The van der Waals surface area contributed by atoms with Crippen molar-refractivity contribution in [1.29, 1.82) is 0 Å². The Kier molecular flexibility index (Phi) is 8.03. The monoisotopic (exact) mass is 594 g/mol. The summed E-state index contributed by atoms with van der Waals surface area (Å²) in [4.78, 5) is 10.3. The van der Waals surface area contributed by atoms with E-state index in [-0.39, 0.29) is 0 Å². The lowest BCUT2D eigenvalue weighted by Gasteiger charge is -2.15. The van der Waals surface area contributed by atoms with Gasteiger partial charge in [0.1, 0.15) is 0 Å². The van der Waals surface area contributed by atoms with Crippen molar-refractivity contribution >= 4 is 5.57 Å². The van der Waals surface area contributed by atoms with Gasteiger partial charge in [-0.1, -0.05) is 131 Å². The number of hydrogen-bond acceptors (Lipinski definition) is 2. The molecule has 1 aliphatic carbocycles. The first-order valence-electron chi connectivity index (χ1n) is 16.1. The van der Waals surface area contributed by atoms with Crippen molar-refractivity contribution in [2.45, 2.75) is 40.5 Å². The molecule has 2 aromatic heterocycles. The summed E-state index contributed by atoms with van der Waals surface area (Å²) in [5, 5.41) is 0. The molecule has 46 heavy (non-hydrogen) atoms. The maximum atomic E-state index is 5.16. The maximum Gasteiger partial charge on any atom is 0.0715 e. The van der Waals surface area contributed by atoms with Gasteiger partial charge in [0.2, 0.25) is 0 Å². The fourth-order valence-electron chi connectivity index (χ4n) is 5.99. The van der Waals surface area contributed by atoms with Crippen LogP contribution in [-0.2, 0) is 0 Å². The summed E-state index contributed by atoms with van der Waals surface area (Å²) in [7, 11) is 0. The van der Waals surface area contributed by atoms with Gasteiger partial charge in [0, 0.05) is 16.7 Å². The summed E-state index contributed by atoms with van der Waals surface area (Å²) in [6.07, 6.45) is 6.57. The summed E-state index contributed by atoms with van der Waals surface area (Å²) in [5.41, 5.74) is 18.5. The van der Waals surface area contributed by atoms with Gasteiger partial charge < -0.3 is 0 Å². The van der Waals surface area contributed by atoms with Gasteiger partial charge in [-0.25, -0.2) is 9.97 Å². The Morgan fingerprint density at radius 3 is 1.07 bits per heavy atom. The smallest absolute Gasteiger partial charge is 0.0715 e. The summed E-state index contributed by atoms with van der Waals surface area (Å²) in [6.45, 7) is 8.56. The van der Waals surface area contributed by atoms with Crippen LogP contribution in [0.4, 0.5) is 0 Å². The predicted octanol–water partition coefficient (Wildman–Crippen LogP) is 11.9. The Bertz CT molecular complexity index is 2010. The fourth-order valence-corrected chi connectivity index (χ4v) is 5.99. The van der Waals surface area contributed by atoms with Crippen LogP contribution < -0.4 is 0 Å². The SMILES string of the molecule is CC1=CC=C(c2cc(-c3ccc(-c4cc(-c5ccc(C)cc5)nc(-c5ccc(C)cc5)c4)cc3)cc(-c3ccc(C)cc3)n2)CC1. The Morgan fingerprint density at radius 1 is 0.348 bits per heavy atom. The molecule has 0 N–H and O–H groups in total. The molecule has 0 spiro atoms. The van der Waals surface area contributed by atoms with Gasteiger partial charge in [0.15, 0.2) is 0 Å². The van der Waals surface area contributed by atoms with E-state index < -0.39 is 0 Å². The minimum Gasteiger partial charge on any atom is -0.248 e. The van der Waals surface area contributed by atoms with Crippen LogP contribution in [-0.4, -0.2) is 9.97 Å². The highest BCUT2D eigenvalue weighted by atomic mass is 14.7. The first-order chi connectivity index (χ1) is 22.4. The summed E-state index contributed by atoms with van der Waals surface area (Å²) in [5.74, 6) is 0. The summed E-state index contributed by atoms with van der Waals surface area (Å²) >= 11 is 0. The van der Waals surface area contributed by atoms with E-state index in [2.05, 4.69) is 161 Å². The van der Waals surface area contributed by atoms with E-state index in [1.165, 1.54) is 39.0 Å². The van der Waals surface area contributed by atoms with Crippen LogP contribution in [0.25, 0.3) is 61.6 Å². The molecule has 2 heteroatoms. The van der Waals surface area contributed by atoms with Crippen molar-refractivity contribution in [3.63, 3.8) is 0 Å². The summed E-state index contributed by atoms with van der Waals surface area (Å²) in [6, 6.07) is 43.8. The average molecular weight is 595 g/mol. The quantitative estimate of drug-likeness (QED) is 0.192. The molecule has 0 atom stereocenters. The van der Waals surface area contributed by atoms with E-state index in [0.29, 0.717) is 0 Å². The highest BCUT2D eigenvalue weighted by Crippen LogP contribution is 2.35. The van der Waals surface area contributed by atoms with Gasteiger partial charge in [-0.3, -0.25) is 0 Å². The standard InChI is InChI=1S/C44H38N2/c1-29-5-13-35(14-6-29)41-25-39(26-42(45-41)36-15-7-30(2)8-16-36)33-21-23-34(24-22-33)40-27-43(37-17-9-31(3)10-18-37)46-44(28-40)38-19-11-32(4)12-20-38/h5-11,13-19,21-28H,12,20H2,1-4H3. The highest BCUT2D eigenvalue weighted by molar-refractivity contribution is 5.80. The van der Waals surface area contributed by atoms with Crippen LogP contribution in [0.1, 0.15) is 42.1 Å². The number of rotatable bonds is 6. The van der Waals surface area contributed by atoms with Crippen LogP contribution in [0.5, 0.6) is 0 Å². The average Bonchev–Trinajstić information content (AvgIpc) is 3.09. The number of nitrogens with zero attached hydrogens (tertiary/aromatic N) is 2. The number of benzene rings is 4. The molecule has 4 aromatic carbocycles. The lowest BCUT2D eigenvalue weighted by molar-refractivity contribution is 0.969. The summed E-state index contributed by atoms with van der Waals surface area (Å²) < 4.78 is 0. The molecule has 0 amide bonds. The third-order valence-corrected chi connectivity index (χ3v) is 8.93. The number of aromatic nitrogens is 2. The van der Waals surface area contributed by atoms with Crippen LogP contribution in [0, 0.1) is 20.8 Å². The van der Waals surface area contributed by atoms with E-state index in [9.17, 15) is 0 Å². The van der Waals surface area contributed by atoms with E-state index in [4.69, 9.17) is 9.97 Å². The van der Waals surface area contributed by atoms with Crippen molar-refractivity contribution in [1.82, 2.24) is 9.97 Å². The molecule has 0 radical (unpaired) electrons. The third-order valence-electron chi connectivity index (χ3n) is 8.93. The van der Waals surface area contributed by atoms with Crippen LogP contribution in [0.2, 0.25) is 0 Å². The highest BCUT2D eigenvalue weighted by Gasteiger charge is 2.14. The maximum absolute atomic E-state index is 5.16. The largest absolute Gasteiger partial charge is 0.248 e. The molecule has 224 valence electrons. The molecule has 0 aliphatic heterocycles. The number of aryl methyl sites for hydroxylation is 3. The van der Waals surface area contributed by atoms with E-state index in [0.717, 1.165) is 63.4 Å². The minimum atomic E-state index is 0.976. The topological polar surface area (TPSA) is 25.8 Å². The van der Waals surface area contributed by atoms with Crippen molar-refractivity contribution < 1.29 is 0 Å². The van der Waals surface area contributed by atoms with Gasteiger partial charge in [-0.05, 0) is 92.6 Å². The number of allylic oxidation sites excluding steroid dienone is 4. The molecule has 6 aromatic rings. The number of pyridine rings is 2. The van der Waals surface area contributed by atoms with Gasteiger partial charge in [0.25, 0.3) is 0 Å². The molecule has 0 fully saturated rings. The van der Waals surface area contributed by atoms with Crippen molar-refractivity contribution in [3.05, 3.63) is 161 Å². The molecule has 0 saturated carbocycles. The Labute approximate surface area is 272 Å². The van der Waals surface area contributed by atoms with Gasteiger partial charge >= 0.3 is 0 Å². The van der Waals surface area contributed by atoms with Gasteiger partial charge in [-0.2, -0.15) is 0 Å². The Morgan fingerprint density at radius 2 is 0.696 bits per heavy atom. The fraction of sp³-hybridized carbons (Fsp3) is 0.136. The van der Waals surface area contributed by atoms with Crippen molar-refractivity contribution in [3.8, 4) is 56.0 Å².